The molecule has 1 N–H and O–H groups in total. The van der Waals surface area contributed by atoms with Crippen molar-refractivity contribution in [2.24, 2.45) is 7.05 Å². The monoisotopic (exact) mass is 354 g/mol. The summed E-state index contributed by atoms with van der Waals surface area (Å²) in [5.74, 6) is -0.297. The molecule has 0 saturated heterocycles. The molecule has 8 nitrogen and oxygen atoms in total. The van der Waals surface area contributed by atoms with Gasteiger partial charge in [0.2, 0.25) is 0 Å². The van der Waals surface area contributed by atoms with E-state index in [4.69, 9.17) is 4.74 Å². The molecule has 1 atom stereocenters. The second-order valence-corrected chi connectivity index (χ2v) is 6.79. The summed E-state index contributed by atoms with van der Waals surface area (Å²) >= 11 is 1.28. The second kappa shape index (κ2) is 7.25. The first-order valence-corrected chi connectivity index (χ1v) is 8.74. The van der Waals surface area contributed by atoms with Crippen LogP contribution in [0.2, 0.25) is 0 Å². The van der Waals surface area contributed by atoms with Gasteiger partial charge in [-0.05, 0) is 27.2 Å². The molecule has 0 aliphatic heterocycles. The van der Waals surface area contributed by atoms with Crippen molar-refractivity contribution in [1.29, 1.82) is 0 Å². The Labute approximate surface area is 143 Å². The largest absolute Gasteiger partial charge is 0.465 e. The molecule has 0 radical (unpaired) electrons. The van der Waals surface area contributed by atoms with Crippen molar-refractivity contribution < 1.29 is 9.53 Å². The number of fused-ring (bicyclic) bond motifs is 1. The Hall–Kier alpha value is -2.03. The van der Waals surface area contributed by atoms with Gasteiger partial charge in [0, 0.05) is 13.1 Å². The summed E-state index contributed by atoms with van der Waals surface area (Å²) in [7, 11) is 1.51. The number of nitrogens with zero attached hydrogens (tertiary/aromatic N) is 3. The maximum Gasteiger partial charge on any atom is 0.319 e. The molecule has 2 heterocycles. The van der Waals surface area contributed by atoms with Crippen LogP contribution in [0.15, 0.2) is 14.7 Å². The Bertz CT molecular complexity index is 865. The zero-order valence-electron chi connectivity index (χ0n) is 14.5. The number of thioether (sulfide) groups is 1. The van der Waals surface area contributed by atoms with Crippen molar-refractivity contribution in [3.8, 4) is 0 Å². The molecule has 24 heavy (non-hydrogen) atoms. The van der Waals surface area contributed by atoms with Crippen LogP contribution in [0.25, 0.3) is 11.3 Å². The average molecular weight is 354 g/mol. The van der Waals surface area contributed by atoms with Crippen LogP contribution >= 0.6 is 11.8 Å². The molecule has 0 fully saturated rings. The fraction of sp³-hybridized carbons (Fsp3) is 0.600. The smallest absolute Gasteiger partial charge is 0.319 e. The molecule has 0 aliphatic rings. The first-order valence-electron chi connectivity index (χ1n) is 7.86. The third-order valence-corrected chi connectivity index (χ3v) is 4.90. The third kappa shape index (κ3) is 3.26. The Balaban J connectivity index is 2.59. The van der Waals surface area contributed by atoms with E-state index < -0.39 is 16.4 Å². The lowest BCUT2D eigenvalue weighted by atomic mass is 10.3. The van der Waals surface area contributed by atoms with Gasteiger partial charge in [0.05, 0.1) is 6.61 Å². The fourth-order valence-electron chi connectivity index (χ4n) is 2.38. The van der Waals surface area contributed by atoms with Gasteiger partial charge in [0.1, 0.15) is 5.25 Å². The van der Waals surface area contributed by atoms with Crippen LogP contribution in [0.1, 0.15) is 40.2 Å². The van der Waals surface area contributed by atoms with E-state index in [1.54, 1.807) is 6.92 Å². The van der Waals surface area contributed by atoms with Crippen molar-refractivity contribution in [3.05, 3.63) is 20.7 Å². The average Bonchev–Trinajstić information content (AvgIpc) is 2.88. The minimum atomic E-state index is -0.694. The number of hydrogen-bond donors (Lipinski definition) is 1. The number of aromatic amines is 1. The van der Waals surface area contributed by atoms with Gasteiger partial charge in [-0.2, -0.15) is 0 Å². The normalized spacial score (nSPS) is 12.8. The predicted octanol–water partition coefficient (Wildman–Crippen LogP) is 1.44. The topological polar surface area (TPSA) is 99.0 Å². The van der Waals surface area contributed by atoms with Crippen LogP contribution in [0.3, 0.4) is 0 Å². The number of hydrogen-bond acceptors (Lipinski definition) is 6. The number of ether oxygens (including phenoxy) is 1. The van der Waals surface area contributed by atoms with E-state index in [2.05, 4.69) is 9.97 Å². The Morgan fingerprint density at radius 3 is 2.54 bits per heavy atom. The van der Waals surface area contributed by atoms with Crippen LogP contribution < -0.4 is 11.1 Å². The van der Waals surface area contributed by atoms with Gasteiger partial charge in [-0.25, -0.2) is 4.98 Å². The molecule has 0 amide bonds. The van der Waals surface area contributed by atoms with Crippen LogP contribution in [0.4, 0.5) is 0 Å². The zero-order chi connectivity index (χ0) is 18.0. The van der Waals surface area contributed by atoms with Gasteiger partial charge in [-0.1, -0.05) is 18.7 Å². The lowest BCUT2D eigenvalue weighted by Gasteiger charge is -2.16. The van der Waals surface area contributed by atoms with E-state index in [0.717, 1.165) is 0 Å². The highest BCUT2D eigenvalue weighted by molar-refractivity contribution is 8.00. The van der Waals surface area contributed by atoms with Crippen molar-refractivity contribution >= 4 is 29.0 Å². The SMILES string of the molecule is CCOC(=O)C(CC)Sc1nc2c([nH]c(=O)c(=O)n2C)n1C(C)C. The summed E-state index contributed by atoms with van der Waals surface area (Å²) in [5, 5.41) is 0.166. The molecule has 0 saturated carbocycles. The van der Waals surface area contributed by atoms with Gasteiger partial charge in [-0.15, -0.1) is 0 Å². The first-order chi connectivity index (χ1) is 11.3. The summed E-state index contributed by atoms with van der Waals surface area (Å²) in [6.45, 7) is 7.87. The van der Waals surface area contributed by atoms with Crippen LogP contribution in [0, 0.1) is 0 Å². The number of rotatable bonds is 6. The van der Waals surface area contributed by atoms with E-state index in [1.807, 2.05) is 25.3 Å². The number of imidazole rings is 1. The molecule has 0 aliphatic carbocycles. The molecule has 2 rings (SSSR count). The molecular weight excluding hydrogens is 332 g/mol. The number of esters is 1. The molecular formula is C15H22N4O4S. The number of carbonyl (C=O) groups excluding carboxylic acids is 1. The molecule has 2 aromatic heterocycles. The molecule has 132 valence electrons. The first kappa shape index (κ1) is 18.3. The van der Waals surface area contributed by atoms with Gasteiger partial charge in [0.25, 0.3) is 0 Å². The Kier molecular flexibility index (Phi) is 5.53. The highest BCUT2D eigenvalue weighted by Gasteiger charge is 2.25. The zero-order valence-corrected chi connectivity index (χ0v) is 15.3. The lowest BCUT2D eigenvalue weighted by molar-refractivity contribution is -0.142. The maximum atomic E-state index is 12.1. The summed E-state index contributed by atoms with van der Waals surface area (Å²) in [6, 6.07) is -0.00893. The van der Waals surface area contributed by atoms with E-state index in [1.165, 1.54) is 23.4 Å². The summed E-state index contributed by atoms with van der Waals surface area (Å²) in [4.78, 5) is 42.8. The van der Waals surface area contributed by atoms with E-state index >= 15 is 0 Å². The molecule has 2 aromatic rings. The molecule has 0 bridgehead atoms. The van der Waals surface area contributed by atoms with E-state index in [0.29, 0.717) is 29.5 Å². The van der Waals surface area contributed by atoms with Crippen molar-refractivity contribution in [3.63, 3.8) is 0 Å². The third-order valence-electron chi connectivity index (χ3n) is 3.59. The maximum absolute atomic E-state index is 12.1. The van der Waals surface area contributed by atoms with Crippen molar-refractivity contribution in [2.45, 2.75) is 50.6 Å². The van der Waals surface area contributed by atoms with Gasteiger partial charge < -0.3 is 14.3 Å². The number of aryl methyl sites for hydroxylation is 1. The van der Waals surface area contributed by atoms with Gasteiger partial charge >= 0.3 is 17.1 Å². The molecule has 1 unspecified atom stereocenters. The fourth-order valence-corrected chi connectivity index (χ4v) is 3.52. The Morgan fingerprint density at radius 1 is 1.33 bits per heavy atom. The highest BCUT2D eigenvalue weighted by Crippen LogP contribution is 2.30. The van der Waals surface area contributed by atoms with Crippen molar-refractivity contribution in [1.82, 2.24) is 19.1 Å². The number of nitrogens with one attached hydrogen (secondary N) is 1. The predicted molar refractivity (Wildman–Crippen MR) is 92.5 cm³/mol. The molecule has 0 spiro atoms. The highest BCUT2D eigenvalue weighted by atomic mass is 32.2. The summed E-state index contributed by atoms with van der Waals surface area (Å²) < 4.78 is 8.14. The van der Waals surface area contributed by atoms with Crippen molar-refractivity contribution in [2.75, 3.05) is 6.61 Å². The quantitative estimate of drug-likeness (QED) is 0.479. The summed E-state index contributed by atoms with van der Waals surface area (Å²) in [6.07, 6.45) is 0.584. The molecule has 9 heteroatoms. The minimum absolute atomic E-state index is 0.00893. The minimum Gasteiger partial charge on any atom is -0.465 e. The molecule has 0 aromatic carbocycles. The number of H-pyrrole nitrogens is 1. The van der Waals surface area contributed by atoms with E-state index in [-0.39, 0.29) is 12.0 Å². The summed E-state index contributed by atoms with van der Waals surface area (Å²) in [5.41, 5.74) is -0.501. The van der Waals surface area contributed by atoms with Crippen LogP contribution in [0.5, 0.6) is 0 Å². The van der Waals surface area contributed by atoms with Crippen LogP contribution in [-0.4, -0.2) is 36.9 Å². The van der Waals surface area contributed by atoms with E-state index in [9.17, 15) is 14.4 Å². The second-order valence-electron chi connectivity index (χ2n) is 5.62. The number of aromatic nitrogens is 4. The van der Waals surface area contributed by atoms with Gasteiger partial charge in [-0.3, -0.25) is 19.0 Å². The van der Waals surface area contributed by atoms with Crippen LogP contribution in [-0.2, 0) is 16.6 Å². The van der Waals surface area contributed by atoms with Gasteiger partial charge in [0.15, 0.2) is 16.5 Å². The Morgan fingerprint density at radius 2 is 2.00 bits per heavy atom. The lowest BCUT2D eigenvalue weighted by Crippen LogP contribution is -2.35. The number of carbonyl (C=O) groups is 1. The standard InChI is InChI=1S/C15H22N4O4S/c1-6-9(14(22)23-7-2)24-15-17-10-11(19(15)8(3)4)16-12(20)13(21)18(10)5/h8-9H,6-7H2,1-5H3,(H,16,20).